The highest BCUT2D eigenvalue weighted by molar-refractivity contribution is 6.22. The van der Waals surface area contributed by atoms with E-state index in [0.29, 0.717) is 16.8 Å². The number of ketones is 1. The number of hydrogen-bond acceptors (Lipinski definition) is 4. The summed E-state index contributed by atoms with van der Waals surface area (Å²) in [5, 5.41) is 2.79. The second kappa shape index (κ2) is 6.23. The molecule has 1 heterocycles. The fourth-order valence-electron chi connectivity index (χ4n) is 5.78. The second-order valence-corrected chi connectivity index (χ2v) is 8.85. The van der Waals surface area contributed by atoms with Gasteiger partial charge < -0.3 is 5.32 Å². The molecule has 6 nitrogen and oxygen atoms in total. The van der Waals surface area contributed by atoms with Gasteiger partial charge >= 0.3 is 0 Å². The van der Waals surface area contributed by atoms with Gasteiger partial charge in [0.25, 0.3) is 0 Å². The largest absolute Gasteiger partial charge is 0.324 e. The molecule has 0 radical (unpaired) electrons. The van der Waals surface area contributed by atoms with Gasteiger partial charge in [-0.15, -0.1) is 0 Å². The molecule has 5 atom stereocenters. The number of amides is 3. The molecular formula is C25H20N2O4. The van der Waals surface area contributed by atoms with E-state index in [1.165, 1.54) is 0 Å². The minimum atomic E-state index is -0.911. The molecule has 2 aromatic rings. The number of anilines is 1. The highest BCUT2D eigenvalue weighted by Gasteiger charge is 2.60. The highest BCUT2D eigenvalue weighted by Crippen LogP contribution is 2.52. The van der Waals surface area contributed by atoms with E-state index in [-0.39, 0.29) is 41.3 Å². The summed E-state index contributed by atoms with van der Waals surface area (Å²) in [5.74, 6) is -1.43. The zero-order valence-corrected chi connectivity index (χ0v) is 16.9. The molecule has 5 unspecified atom stereocenters. The molecule has 3 amide bonds. The molecule has 154 valence electrons. The van der Waals surface area contributed by atoms with Crippen LogP contribution in [0.1, 0.15) is 29.3 Å². The molecule has 2 bridgehead atoms. The molecule has 1 saturated heterocycles. The SMILES string of the molecule is CC(C(=O)Nc1ccc2c(c1)C(=O)c1ccccc1-2)N1C(=O)C2C3C=CC(C3)C2C1=O. The van der Waals surface area contributed by atoms with Crippen LogP contribution in [-0.4, -0.2) is 34.4 Å². The maximum atomic E-state index is 13.0. The number of nitrogens with zero attached hydrogens (tertiary/aromatic N) is 1. The third-order valence-corrected chi connectivity index (χ3v) is 7.26. The van der Waals surface area contributed by atoms with Crippen molar-refractivity contribution in [1.82, 2.24) is 4.90 Å². The second-order valence-electron chi connectivity index (χ2n) is 8.85. The minimum absolute atomic E-state index is 0.0737. The Balaban J connectivity index is 1.23. The lowest BCUT2D eigenvalue weighted by Crippen LogP contribution is -2.46. The summed E-state index contributed by atoms with van der Waals surface area (Å²) in [6.07, 6.45) is 4.92. The van der Waals surface area contributed by atoms with Gasteiger partial charge in [-0.25, -0.2) is 0 Å². The lowest BCUT2D eigenvalue weighted by atomic mass is 9.85. The van der Waals surface area contributed by atoms with Crippen molar-refractivity contribution >= 4 is 29.2 Å². The van der Waals surface area contributed by atoms with Gasteiger partial charge in [-0.05, 0) is 48.4 Å². The molecule has 0 spiro atoms. The van der Waals surface area contributed by atoms with E-state index in [2.05, 4.69) is 5.32 Å². The molecular weight excluding hydrogens is 392 g/mol. The van der Waals surface area contributed by atoms with E-state index in [1.54, 1.807) is 25.1 Å². The molecule has 1 saturated carbocycles. The van der Waals surface area contributed by atoms with Gasteiger partial charge in [-0.3, -0.25) is 24.1 Å². The maximum absolute atomic E-state index is 13.0. The van der Waals surface area contributed by atoms with Gasteiger partial charge in [0.2, 0.25) is 17.7 Å². The molecule has 0 aromatic heterocycles. The van der Waals surface area contributed by atoms with Gasteiger partial charge in [0.05, 0.1) is 11.8 Å². The van der Waals surface area contributed by atoms with E-state index < -0.39 is 11.9 Å². The number of nitrogens with one attached hydrogen (secondary N) is 1. The minimum Gasteiger partial charge on any atom is -0.324 e. The van der Waals surface area contributed by atoms with Gasteiger partial charge in [-0.1, -0.05) is 42.5 Å². The quantitative estimate of drug-likeness (QED) is 0.529. The van der Waals surface area contributed by atoms with Crippen molar-refractivity contribution in [3.8, 4) is 11.1 Å². The van der Waals surface area contributed by atoms with Crippen LogP contribution in [-0.2, 0) is 14.4 Å². The van der Waals surface area contributed by atoms with Gasteiger partial charge in [0.15, 0.2) is 5.78 Å². The summed E-state index contributed by atoms with van der Waals surface area (Å²) in [6, 6.07) is 11.7. The molecule has 4 aliphatic rings. The Kier molecular flexibility index (Phi) is 3.67. The third kappa shape index (κ3) is 2.39. The highest BCUT2D eigenvalue weighted by atomic mass is 16.2. The predicted octanol–water partition coefficient (Wildman–Crippen LogP) is 3.03. The van der Waals surface area contributed by atoms with Crippen molar-refractivity contribution in [2.24, 2.45) is 23.7 Å². The van der Waals surface area contributed by atoms with Gasteiger partial charge in [-0.2, -0.15) is 0 Å². The average Bonchev–Trinajstić information content (AvgIpc) is 3.51. The first-order valence-corrected chi connectivity index (χ1v) is 10.6. The number of benzene rings is 2. The Morgan fingerprint density at radius 1 is 0.903 bits per heavy atom. The van der Waals surface area contributed by atoms with Crippen LogP contribution in [0, 0.1) is 23.7 Å². The molecule has 3 aliphatic carbocycles. The molecule has 1 N–H and O–H groups in total. The van der Waals surface area contributed by atoms with Gasteiger partial charge in [0, 0.05) is 16.8 Å². The van der Waals surface area contributed by atoms with E-state index in [1.807, 2.05) is 36.4 Å². The summed E-state index contributed by atoms with van der Waals surface area (Å²) in [7, 11) is 0. The van der Waals surface area contributed by atoms with Crippen LogP contribution in [0.15, 0.2) is 54.6 Å². The van der Waals surface area contributed by atoms with Crippen LogP contribution in [0.25, 0.3) is 11.1 Å². The normalized spacial score (nSPS) is 28.0. The molecule has 6 heteroatoms. The van der Waals surface area contributed by atoms with E-state index in [9.17, 15) is 19.2 Å². The topological polar surface area (TPSA) is 83.6 Å². The van der Waals surface area contributed by atoms with Crippen LogP contribution in [0.5, 0.6) is 0 Å². The maximum Gasteiger partial charge on any atom is 0.247 e. The summed E-state index contributed by atoms with van der Waals surface area (Å²) in [4.78, 5) is 52.7. The van der Waals surface area contributed by atoms with Crippen LogP contribution >= 0.6 is 0 Å². The Hall–Kier alpha value is -3.54. The van der Waals surface area contributed by atoms with E-state index in [4.69, 9.17) is 0 Å². The zero-order chi connectivity index (χ0) is 21.4. The third-order valence-electron chi connectivity index (χ3n) is 7.26. The summed E-state index contributed by atoms with van der Waals surface area (Å²) >= 11 is 0. The first-order chi connectivity index (χ1) is 15.0. The van der Waals surface area contributed by atoms with Crippen molar-refractivity contribution in [2.45, 2.75) is 19.4 Å². The van der Waals surface area contributed by atoms with Crippen LogP contribution < -0.4 is 5.32 Å². The first-order valence-electron chi connectivity index (χ1n) is 10.6. The number of likely N-dealkylation sites (tertiary alicyclic amines) is 1. The molecule has 31 heavy (non-hydrogen) atoms. The number of allylic oxidation sites excluding steroid dienone is 2. The van der Waals surface area contributed by atoms with Crippen LogP contribution in [0.3, 0.4) is 0 Å². The average molecular weight is 412 g/mol. The summed E-state index contributed by atoms with van der Waals surface area (Å²) in [5.41, 5.74) is 3.39. The van der Waals surface area contributed by atoms with Crippen molar-refractivity contribution in [1.29, 1.82) is 0 Å². The number of hydrogen-bond donors (Lipinski definition) is 1. The number of carbonyl (C=O) groups excluding carboxylic acids is 4. The monoisotopic (exact) mass is 412 g/mol. The molecule has 2 fully saturated rings. The van der Waals surface area contributed by atoms with Crippen LogP contribution in [0.4, 0.5) is 5.69 Å². The molecule has 1 aliphatic heterocycles. The number of carbonyl (C=O) groups is 4. The lowest BCUT2D eigenvalue weighted by molar-refractivity contribution is -0.146. The van der Waals surface area contributed by atoms with Crippen molar-refractivity contribution in [2.75, 3.05) is 5.32 Å². The lowest BCUT2D eigenvalue weighted by Gasteiger charge is -2.24. The smallest absolute Gasteiger partial charge is 0.247 e. The molecule has 2 aromatic carbocycles. The Labute approximate surface area is 178 Å². The van der Waals surface area contributed by atoms with Crippen molar-refractivity contribution < 1.29 is 19.2 Å². The Bertz CT molecular complexity index is 1200. The van der Waals surface area contributed by atoms with Crippen LogP contribution in [0.2, 0.25) is 0 Å². The fourth-order valence-corrected chi connectivity index (χ4v) is 5.78. The van der Waals surface area contributed by atoms with Crippen molar-refractivity contribution in [3.05, 3.63) is 65.7 Å². The standard InChI is InChI=1S/C25H20N2O4/c1-12(27-24(30)20-13-6-7-14(10-13)21(20)25(27)31)23(29)26-15-8-9-17-16-4-2-3-5-18(16)22(28)19(17)11-15/h2-9,11-14,20-21H,10H2,1H3,(H,26,29). The molecule has 6 rings (SSSR count). The summed E-state index contributed by atoms with van der Waals surface area (Å²) < 4.78 is 0. The fraction of sp³-hybridized carbons (Fsp3) is 0.280. The number of rotatable bonds is 3. The van der Waals surface area contributed by atoms with E-state index >= 15 is 0 Å². The number of imide groups is 1. The summed E-state index contributed by atoms with van der Waals surface area (Å²) in [6.45, 7) is 1.58. The van der Waals surface area contributed by atoms with Gasteiger partial charge in [0.1, 0.15) is 6.04 Å². The Morgan fingerprint density at radius 2 is 1.52 bits per heavy atom. The number of fused-ring (bicyclic) bond motifs is 8. The van der Waals surface area contributed by atoms with Crippen molar-refractivity contribution in [3.63, 3.8) is 0 Å². The zero-order valence-electron chi connectivity index (χ0n) is 16.9. The first kappa shape index (κ1) is 18.2. The van der Waals surface area contributed by atoms with E-state index in [0.717, 1.165) is 22.4 Å². The predicted molar refractivity (Wildman–Crippen MR) is 113 cm³/mol. The Morgan fingerprint density at radius 3 is 2.19 bits per heavy atom.